The molecule has 0 bridgehead atoms. The first kappa shape index (κ1) is 17.8. The van der Waals surface area contributed by atoms with E-state index in [1.807, 2.05) is 0 Å². The summed E-state index contributed by atoms with van der Waals surface area (Å²) < 4.78 is 41.4. The quantitative estimate of drug-likeness (QED) is 0.517. The normalized spacial score (nSPS) is 9.00. The molecule has 0 spiro atoms. The molecule has 20 heavy (non-hydrogen) atoms. The maximum Gasteiger partial charge on any atom is 0.266 e. The highest BCUT2D eigenvalue weighted by atomic mass is 32.2. The highest BCUT2D eigenvalue weighted by Gasteiger charge is 2.13. The van der Waals surface area contributed by atoms with E-state index >= 15 is 0 Å². The number of carbonyl (C=O) groups excluding carboxylic acids is 2. The fourth-order valence-corrected chi connectivity index (χ4v) is 1.70. The molecule has 0 aromatic rings. The van der Waals surface area contributed by atoms with Crippen molar-refractivity contribution in [3.63, 3.8) is 0 Å². The van der Waals surface area contributed by atoms with Crippen LogP contribution in [0.25, 0.3) is 0 Å². The molecule has 8 nitrogen and oxygen atoms in total. The molecule has 0 rings (SSSR count). The second-order valence-corrected chi connectivity index (χ2v) is 4.70. The van der Waals surface area contributed by atoms with Gasteiger partial charge in [0.1, 0.15) is 10.7 Å². The average Bonchev–Trinajstić information content (AvgIpc) is 2.32. The van der Waals surface area contributed by atoms with Crippen LogP contribution in [0, 0.1) is 0 Å². The lowest BCUT2D eigenvalue weighted by molar-refractivity contribution is -0.124. The van der Waals surface area contributed by atoms with Gasteiger partial charge in [-0.1, -0.05) is 13.2 Å². The zero-order valence-electron chi connectivity index (χ0n) is 10.3. The summed E-state index contributed by atoms with van der Waals surface area (Å²) in [5.74, 6) is -1.66. The molecule has 0 aliphatic heterocycles. The molecule has 0 radical (unpaired) electrons. The Kier molecular flexibility index (Phi) is 7.85. The molecule has 0 aliphatic carbocycles. The van der Waals surface area contributed by atoms with E-state index < -0.39 is 32.4 Å². The van der Waals surface area contributed by atoms with Crippen LogP contribution in [0.3, 0.4) is 0 Å². The Morgan fingerprint density at radius 2 is 1.10 bits per heavy atom. The van der Waals surface area contributed by atoms with Crippen LogP contribution >= 0.6 is 0 Å². The molecule has 0 saturated carbocycles. The van der Waals surface area contributed by atoms with E-state index in [2.05, 4.69) is 13.2 Å². The molecular formula is C10H12N2O6S2. The lowest BCUT2D eigenvalue weighted by atomic mass is 10.4. The summed E-state index contributed by atoms with van der Waals surface area (Å²) in [5.41, 5.74) is 0. The van der Waals surface area contributed by atoms with Crippen LogP contribution in [0.1, 0.15) is 0 Å². The summed E-state index contributed by atoms with van der Waals surface area (Å²) in [4.78, 5) is 24.7. The van der Waals surface area contributed by atoms with E-state index in [0.29, 0.717) is 10.7 Å². The van der Waals surface area contributed by atoms with Crippen molar-refractivity contribution in [2.24, 2.45) is 0 Å². The zero-order valence-corrected chi connectivity index (χ0v) is 11.9. The molecule has 0 atom stereocenters. The van der Waals surface area contributed by atoms with Gasteiger partial charge >= 0.3 is 0 Å². The van der Waals surface area contributed by atoms with E-state index in [1.54, 1.807) is 0 Å². The molecule has 0 heterocycles. The minimum absolute atomic E-state index is 0.0763. The molecular weight excluding hydrogens is 308 g/mol. The standard InChI is InChI=1S/C10H12N2O6S2/c1-3-11(9(13)7-19(15)16)5-6-12(4-2)10(14)8-20(17)18/h3-4,7-8H,1-2,5-6H2. The van der Waals surface area contributed by atoms with Gasteiger partial charge < -0.3 is 9.80 Å². The van der Waals surface area contributed by atoms with Crippen molar-refractivity contribution in [1.82, 2.24) is 9.80 Å². The minimum atomic E-state index is -2.65. The predicted molar refractivity (Wildman–Crippen MR) is 73.8 cm³/mol. The van der Waals surface area contributed by atoms with E-state index in [9.17, 15) is 26.4 Å². The van der Waals surface area contributed by atoms with Gasteiger partial charge in [0.2, 0.25) is 20.6 Å². The van der Waals surface area contributed by atoms with Gasteiger partial charge in [-0.3, -0.25) is 9.59 Å². The van der Waals surface area contributed by atoms with Gasteiger partial charge in [-0.15, -0.1) is 0 Å². The number of hydrogen-bond donors (Lipinski definition) is 0. The van der Waals surface area contributed by atoms with Gasteiger partial charge in [0.05, 0.1) is 0 Å². The van der Waals surface area contributed by atoms with Crippen LogP contribution in [0.2, 0.25) is 0 Å². The highest BCUT2D eigenvalue weighted by Crippen LogP contribution is 1.94. The van der Waals surface area contributed by atoms with Crippen molar-refractivity contribution < 1.29 is 26.4 Å². The second-order valence-electron chi connectivity index (χ2n) is 3.19. The van der Waals surface area contributed by atoms with Crippen LogP contribution in [0.15, 0.2) is 25.6 Å². The lowest BCUT2D eigenvalue weighted by Crippen LogP contribution is -2.37. The van der Waals surface area contributed by atoms with Crippen molar-refractivity contribution in [3.8, 4) is 0 Å². The Hall–Kier alpha value is -2.20. The Balaban J connectivity index is 4.86. The van der Waals surface area contributed by atoms with Crippen molar-refractivity contribution in [2.75, 3.05) is 13.1 Å². The second kappa shape index (κ2) is 8.82. The molecule has 0 fully saturated rings. The summed E-state index contributed by atoms with van der Waals surface area (Å²) in [6, 6.07) is 0. The third-order valence-electron chi connectivity index (χ3n) is 1.98. The zero-order chi connectivity index (χ0) is 15.7. The third kappa shape index (κ3) is 6.66. The van der Waals surface area contributed by atoms with Gasteiger partial charge in [0.15, 0.2) is 0 Å². The van der Waals surface area contributed by atoms with Crippen molar-refractivity contribution >= 4 is 43.1 Å². The topological polar surface area (TPSA) is 109 Å². The van der Waals surface area contributed by atoms with Crippen molar-refractivity contribution in [2.45, 2.75) is 0 Å². The maximum absolute atomic E-state index is 11.4. The van der Waals surface area contributed by atoms with Crippen LogP contribution in [-0.2, 0) is 30.2 Å². The lowest BCUT2D eigenvalue weighted by Gasteiger charge is -2.20. The number of carbonyl (C=O) groups is 2. The van der Waals surface area contributed by atoms with Crippen LogP contribution in [0.4, 0.5) is 0 Å². The molecule has 0 aliphatic rings. The molecule has 0 saturated heterocycles. The van der Waals surface area contributed by atoms with E-state index in [-0.39, 0.29) is 13.1 Å². The SMILES string of the molecule is C=CN(CCN(C=C)C(=O)C=S(=O)=O)C(=O)C=S(=O)=O. The smallest absolute Gasteiger partial charge is 0.266 e. The Labute approximate surface area is 118 Å². The minimum Gasteiger partial charge on any atom is -0.313 e. The number of rotatable bonds is 7. The predicted octanol–water partition coefficient (Wildman–Crippen LogP) is -1.71. The summed E-state index contributed by atoms with van der Waals surface area (Å²) in [7, 11) is -5.31. The maximum atomic E-state index is 11.4. The fourth-order valence-electron chi connectivity index (χ4n) is 1.10. The van der Waals surface area contributed by atoms with E-state index in [4.69, 9.17) is 0 Å². The molecule has 0 aromatic heterocycles. The summed E-state index contributed by atoms with van der Waals surface area (Å²) in [6.45, 7) is 6.52. The summed E-state index contributed by atoms with van der Waals surface area (Å²) in [5, 5.41) is 0.890. The Morgan fingerprint density at radius 3 is 1.30 bits per heavy atom. The van der Waals surface area contributed by atoms with Crippen LogP contribution in [0.5, 0.6) is 0 Å². The van der Waals surface area contributed by atoms with E-state index in [0.717, 1.165) is 22.2 Å². The van der Waals surface area contributed by atoms with Crippen molar-refractivity contribution in [1.29, 1.82) is 0 Å². The third-order valence-corrected chi connectivity index (χ3v) is 2.77. The first-order valence-corrected chi connectivity index (χ1v) is 7.31. The Bertz CT molecular complexity index is 599. The van der Waals surface area contributed by atoms with Gasteiger partial charge in [0.25, 0.3) is 11.8 Å². The van der Waals surface area contributed by atoms with Gasteiger partial charge in [-0.2, -0.15) is 16.8 Å². The fraction of sp³-hybridized carbons (Fsp3) is 0.200. The number of hydrogen-bond acceptors (Lipinski definition) is 6. The average molecular weight is 320 g/mol. The first-order valence-electron chi connectivity index (χ1n) is 5.04. The Morgan fingerprint density at radius 1 is 0.800 bits per heavy atom. The number of amides is 2. The van der Waals surface area contributed by atoms with Crippen LogP contribution in [-0.4, -0.2) is 62.3 Å². The molecule has 0 aromatic carbocycles. The molecule has 0 unspecified atom stereocenters. The highest BCUT2D eigenvalue weighted by molar-refractivity contribution is 7.73. The summed E-state index contributed by atoms with van der Waals surface area (Å²) >= 11 is 0. The largest absolute Gasteiger partial charge is 0.313 e. The van der Waals surface area contributed by atoms with E-state index in [1.165, 1.54) is 0 Å². The summed E-state index contributed by atoms with van der Waals surface area (Å²) in [6.07, 6.45) is 2.18. The molecule has 10 heteroatoms. The van der Waals surface area contributed by atoms with Crippen LogP contribution < -0.4 is 0 Å². The first-order chi connectivity index (χ1) is 9.31. The van der Waals surface area contributed by atoms with Gasteiger partial charge in [-0.25, -0.2) is 0 Å². The van der Waals surface area contributed by atoms with Gasteiger partial charge in [-0.05, 0) is 12.4 Å². The van der Waals surface area contributed by atoms with Gasteiger partial charge in [0, 0.05) is 13.1 Å². The van der Waals surface area contributed by atoms with Crippen molar-refractivity contribution in [3.05, 3.63) is 25.6 Å². The molecule has 2 amide bonds. The molecule has 110 valence electrons. The monoisotopic (exact) mass is 320 g/mol. The number of nitrogens with zero attached hydrogens (tertiary/aromatic N) is 2. The molecule has 0 N–H and O–H groups in total.